The van der Waals surface area contributed by atoms with Gasteiger partial charge in [-0.1, -0.05) is 35.9 Å². The van der Waals surface area contributed by atoms with Crippen molar-refractivity contribution in [2.75, 3.05) is 26.2 Å². The highest BCUT2D eigenvalue weighted by Crippen LogP contribution is 2.31. The zero-order valence-electron chi connectivity index (χ0n) is 17.3. The molecule has 1 unspecified atom stereocenters. The van der Waals surface area contributed by atoms with Gasteiger partial charge in [-0.3, -0.25) is 0 Å². The molecular weight excluding hydrogens is 443 g/mol. The number of fused-ring (bicyclic) bond motifs is 3. The summed E-state index contributed by atoms with van der Waals surface area (Å²) in [6, 6.07) is 14.6. The Labute approximate surface area is 197 Å². The number of nitrogens with one attached hydrogen (secondary N) is 1. The monoisotopic (exact) mass is 472 g/mol. The van der Waals surface area contributed by atoms with Crippen LogP contribution in [0.3, 0.4) is 0 Å². The van der Waals surface area contributed by atoms with E-state index in [2.05, 4.69) is 22.3 Å². The van der Waals surface area contributed by atoms with Crippen molar-refractivity contribution in [1.29, 1.82) is 0 Å². The molecule has 2 aromatic carbocycles. The fraction of sp³-hybridized carbons (Fsp3) is 0.478. The number of rotatable bonds is 8. The maximum absolute atomic E-state index is 6.24. The van der Waals surface area contributed by atoms with Crippen molar-refractivity contribution in [3.8, 4) is 11.5 Å². The van der Waals surface area contributed by atoms with Gasteiger partial charge < -0.3 is 19.7 Å². The van der Waals surface area contributed by atoms with E-state index in [1.165, 1.54) is 38.0 Å². The number of hydrogen-bond donors (Lipinski definition) is 1. The van der Waals surface area contributed by atoms with Crippen LogP contribution in [0.1, 0.15) is 30.9 Å². The van der Waals surface area contributed by atoms with Crippen LogP contribution in [0.5, 0.6) is 11.5 Å². The molecule has 30 heavy (non-hydrogen) atoms. The van der Waals surface area contributed by atoms with Gasteiger partial charge in [0.25, 0.3) is 0 Å². The van der Waals surface area contributed by atoms with E-state index in [-0.39, 0.29) is 24.8 Å². The van der Waals surface area contributed by atoms with Gasteiger partial charge in [0.2, 0.25) is 0 Å². The van der Waals surface area contributed by atoms with Crippen LogP contribution >= 0.6 is 36.4 Å². The minimum absolute atomic E-state index is 0. The minimum atomic E-state index is 0. The molecule has 4 nitrogen and oxygen atoms in total. The molecule has 2 bridgehead atoms. The second-order valence-electron chi connectivity index (χ2n) is 7.72. The maximum atomic E-state index is 6.24. The molecule has 3 fully saturated rings. The summed E-state index contributed by atoms with van der Waals surface area (Å²) in [6.45, 7) is 7.62. The van der Waals surface area contributed by atoms with Crippen molar-refractivity contribution in [2.45, 2.75) is 39.0 Å². The fourth-order valence-electron chi connectivity index (χ4n) is 4.27. The molecule has 3 aliphatic heterocycles. The predicted molar refractivity (Wildman–Crippen MR) is 128 cm³/mol. The minimum Gasteiger partial charge on any atom is -0.490 e. The van der Waals surface area contributed by atoms with Gasteiger partial charge in [0.05, 0.1) is 6.61 Å². The third-order valence-corrected chi connectivity index (χ3v) is 6.24. The van der Waals surface area contributed by atoms with Crippen molar-refractivity contribution in [1.82, 2.24) is 10.2 Å². The Morgan fingerprint density at radius 2 is 1.80 bits per heavy atom. The van der Waals surface area contributed by atoms with Crippen molar-refractivity contribution in [3.05, 3.63) is 58.6 Å². The molecule has 7 heteroatoms. The molecule has 5 rings (SSSR count). The zero-order chi connectivity index (χ0) is 19.3. The first-order chi connectivity index (χ1) is 13.7. The molecule has 0 amide bonds. The van der Waals surface area contributed by atoms with Crippen LogP contribution < -0.4 is 14.8 Å². The Balaban J connectivity index is 0.00000160. The number of nitrogens with zero attached hydrogens (tertiary/aromatic N) is 1. The van der Waals surface area contributed by atoms with Crippen molar-refractivity contribution >= 4 is 36.4 Å². The second-order valence-corrected chi connectivity index (χ2v) is 8.13. The molecule has 0 aromatic heterocycles. The average Bonchev–Trinajstić information content (AvgIpc) is 2.74. The lowest BCUT2D eigenvalue weighted by molar-refractivity contribution is 0.0720. The summed E-state index contributed by atoms with van der Waals surface area (Å²) in [5.41, 5.74) is 2.20. The molecule has 3 saturated heterocycles. The average molecular weight is 474 g/mol. The van der Waals surface area contributed by atoms with Gasteiger partial charge in [-0.2, -0.15) is 0 Å². The van der Waals surface area contributed by atoms with Crippen LogP contribution in [0.2, 0.25) is 5.02 Å². The Morgan fingerprint density at radius 3 is 2.47 bits per heavy atom. The molecule has 1 N–H and O–H groups in total. The van der Waals surface area contributed by atoms with Gasteiger partial charge in [0.15, 0.2) is 11.5 Å². The van der Waals surface area contributed by atoms with Crippen LogP contribution in [0.15, 0.2) is 42.5 Å². The summed E-state index contributed by atoms with van der Waals surface area (Å²) >= 11 is 6.24. The highest BCUT2D eigenvalue weighted by atomic mass is 35.5. The predicted octanol–water partition coefficient (Wildman–Crippen LogP) is 5.35. The Hall–Kier alpha value is -1.17. The van der Waals surface area contributed by atoms with Gasteiger partial charge in [-0.05, 0) is 62.5 Å². The molecule has 0 spiro atoms. The second kappa shape index (κ2) is 12.0. The van der Waals surface area contributed by atoms with E-state index in [0.717, 1.165) is 34.5 Å². The molecule has 0 saturated carbocycles. The summed E-state index contributed by atoms with van der Waals surface area (Å²) in [7, 11) is 0. The standard InChI is InChI=1S/C23H29ClN2O2.2ClH/c1-2-27-23-13-17(14-25-21-15-26-11-9-18(21)10-12-26)7-8-22(23)28-16-19-5-3-4-6-20(19)24;;/h3-8,13,18,21,25H,2,9-12,14-16H2,1H3;2*1H. The zero-order valence-corrected chi connectivity index (χ0v) is 19.7. The highest BCUT2D eigenvalue weighted by molar-refractivity contribution is 6.31. The van der Waals surface area contributed by atoms with Gasteiger partial charge >= 0.3 is 0 Å². The first-order valence-electron chi connectivity index (χ1n) is 10.3. The number of halogens is 3. The SMILES string of the molecule is CCOc1cc(CNC2CN3CCC2CC3)ccc1OCc1ccccc1Cl.Cl.Cl. The fourth-order valence-corrected chi connectivity index (χ4v) is 4.46. The van der Waals surface area contributed by atoms with E-state index >= 15 is 0 Å². The van der Waals surface area contributed by atoms with Gasteiger partial charge in [0.1, 0.15) is 6.61 Å². The van der Waals surface area contributed by atoms with E-state index in [9.17, 15) is 0 Å². The first-order valence-corrected chi connectivity index (χ1v) is 10.7. The quantitative estimate of drug-likeness (QED) is 0.561. The topological polar surface area (TPSA) is 33.7 Å². The summed E-state index contributed by atoms with van der Waals surface area (Å²) in [5, 5.41) is 4.49. The molecular formula is C23H31Cl3N2O2. The van der Waals surface area contributed by atoms with Crippen LogP contribution in [0.25, 0.3) is 0 Å². The van der Waals surface area contributed by atoms with Crippen molar-refractivity contribution in [2.24, 2.45) is 5.92 Å². The van der Waals surface area contributed by atoms with E-state index in [1.807, 2.05) is 37.3 Å². The molecule has 3 aliphatic rings. The molecule has 166 valence electrons. The van der Waals surface area contributed by atoms with Gasteiger partial charge in [-0.25, -0.2) is 0 Å². The van der Waals surface area contributed by atoms with E-state index in [4.69, 9.17) is 21.1 Å². The Kier molecular flexibility index (Phi) is 10.1. The van der Waals surface area contributed by atoms with Crippen LogP contribution in [-0.2, 0) is 13.2 Å². The van der Waals surface area contributed by atoms with Crippen molar-refractivity contribution < 1.29 is 9.47 Å². The third kappa shape index (κ3) is 6.18. The van der Waals surface area contributed by atoms with Gasteiger partial charge in [-0.15, -0.1) is 24.8 Å². The van der Waals surface area contributed by atoms with Crippen LogP contribution in [0, 0.1) is 5.92 Å². The summed E-state index contributed by atoms with van der Waals surface area (Å²) in [6.07, 6.45) is 2.66. The number of benzene rings is 2. The summed E-state index contributed by atoms with van der Waals surface area (Å²) in [5.74, 6) is 2.38. The van der Waals surface area contributed by atoms with E-state index in [1.54, 1.807) is 0 Å². The third-order valence-electron chi connectivity index (χ3n) is 5.87. The maximum Gasteiger partial charge on any atom is 0.161 e. The van der Waals surface area contributed by atoms with E-state index in [0.29, 0.717) is 19.3 Å². The lowest BCUT2D eigenvalue weighted by Crippen LogP contribution is -2.55. The summed E-state index contributed by atoms with van der Waals surface area (Å²) < 4.78 is 11.9. The number of piperidine rings is 3. The first kappa shape index (κ1) is 25.1. The Bertz CT molecular complexity index is 798. The van der Waals surface area contributed by atoms with Gasteiger partial charge in [0, 0.05) is 29.7 Å². The van der Waals surface area contributed by atoms with E-state index < -0.39 is 0 Å². The highest BCUT2D eigenvalue weighted by Gasteiger charge is 2.33. The smallest absolute Gasteiger partial charge is 0.161 e. The van der Waals surface area contributed by atoms with Crippen molar-refractivity contribution in [3.63, 3.8) is 0 Å². The number of hydrogen-bond acceptors (Lipinski definition) is 4. The molecule has 0 radical (unpaired) electrons. The largest absolute Gasteiger partial charge is 0.490 e. The van der Waals surface area contributed by atoms with Crippen LogP contribution in [-0.4, -0.2) is 37.2 Å². The molecule has 1 atom stereocenters. The molecule has 2 aromatic rings. The molecule has 3 heterocycles. The normalized spacial score (nSPS) is 22.0. The lowest BCUT2D eigenvalue weighted by atomic mass is 9.84. The molecule has 0 aliphatic carbocycles. The summed E-state index contributed by atoms with van der Waals surface area (Å²) in [4.78, 5) is 2.58. The Morgan fingerprint density at radius 1 is 1.03 bits per heavy atom. The lowest BCUT2D eigenvalue weighted by Gasteiger charge is -2.45. The van der Waals surface area contributed by atoms with Crippen LogP contribution in [0.4, 0.5) is 0 Å². The number of ether oxygens (including phenoxy) is 2.